The summed E-state index contributed by atoms with van der Waals surface area (Å²) in [6, 6.07) is 1.32. The van der Waals surface area contributed by atoms with Crippen molar-refractivity contribution in [2.45, 2.75) is 18.9 Å². The Labute approximate surface area is 114 Å². The molecule has 1 aromatic rings. The summed E-state index contributed by atoms with van der Waals surface area (Å²) in [6.07, 6.45) is 2.39. The highest BCUT2D eigenvalue weighted by Crippen LogP contribution is 2.23. The van der Waals surface area contributed by atoms with Crippen molar-refractivity contribution in [3.05, 3.63) is 33.1 Å². The minimum Gasteiger partial charge on any atom is -0.338 e. The first-order chi connectivity index (χ1) is 8.99. The Morgan fingerprint density at radius 2 is 2.16 bits per heavy atom. The Morgan fingerprint density at radius 1 is 1.53 bits per heavy atom. The molecular weight excluding hydrogens is 272 g/mol. The second-order valence-corrected chi connectivity index (χ2v) is 4.80. The van der Waals surface area contributed by atoms with Crippen molar-refractivity contribution in [2.24, 2.45) is 5.73 Å². The molecule has 7 nitrogen and oxygen atoms in total. The summed E-state index contributed by atoms with van der Waals surface area (Å²) in [6.45, 7) is 0.994. The Hall–Kier alpha value is -1.73. The predicted octanol–water partition coefficient (Wildman–Crippen LogP) is 1.21. The molecule has 8 heteroatoms. The zero-order valence-corrected chi connectivity index (χ0v) is 10.8. The van der Waals surface area contributed by atoms with E-state index in [0.29, 0.717) is 25.9 Å². The van der Waals surface area contributed by atoms with E-state index in [-0.39, 0.29) is 22.4 Å². The SMILES string of the molecule is NC1CCN(C(=O)c2cc(Cl)ncc2[N+](=O)[O-])CC1. The highest BCUT2D eigenvalue weighted by Gasteiger charge is 2.28. The first kappa shape index (κ1) is 13.7. The second kappa shape index (κ2) is 5.50. The Balaban J connectivity index is 2.27. The van der Waals surface area contributed by atoms with E-state index in [4.69, 9.17) is 17.3 Å². The van der Waals surface area contributed by atoms with Gasteiger partial charge in [0.05, 0.1) is 4.92 Å². The molecule has 19 heavy (non-hydrogen) atoms. The van der Waals surface area contributed by atoms with Crippen LogP contribution in [0.1, 0.15) is 23.2 Å². The Morgan fingerprint density at radius 3 is 2.74 bits per heavy atom. The quantitative estimate of drug-likeness (QED) is 0.499. The van der Waals surface area contributed by atoms with Gasteiger partial charge in [-0.15, -0.1) is 0 Å². The summed E-state index contributed by atoms with van der Waals surface area (Å²) < 4.78 is 0. The molecule has 1 aromatic heterocycles. The number of halogens is 1. The third kappa shape index (κ3) is 2.99. The van der Waals surface area contributed by atoms with Gasteiger partial charge in [-0.1, -0.05) is 11.6 Å². The van der Waals surface area contributed by atoms with E-state index >= 15 is 0 Å². The summed E-state index contributed by atoms with van der Waals surface area (Å²) >= 11 is 5.70. The molecule has 0 radical (unpaired) electrons. The van der Waals surface area contributed by atoms with Crippen LogP contribution >= 0.6 is 11.6 Å². The summed E-state index contributed by atoms with van der Waals surface area (Å²) in [5, 5.41) is 11.0. The van der Waals surface area contributed by atoms with Gasteiger partial charge in [0.2, 0.25) is 0 Å². The van der Waals surface area contributed by atoms with Gasteiger partial charge in [0.15, 0.2) is 0 Å². The lowest BCUT2D eigenvalue weighted by atomic mass is 10.0. The van der Waals surface area contributed by atoms with Gasteiger partial charge in [0, 0.05) is 19.1 Å². The molecule has 0 saturated carbocycles. The molecule has 102 valence electrons. The number of piperidine rings is 1. The number of nitrogens with zero attached hydrogens (tertiary/aromatic N) is 3. The molecule has 0 aromatic carbocycles. The molecule has 2 heterocycles. The van der Waals surface area contributed by atoms with Crippen molar-refractivity contribution in [1.82, 2.24) is 9.88 Å². The van der Waals surface area contributed by atoms with E-state index in [1.807, 2.05) is 0 Å². The van der Waals surface area contributed by atoms with Gasteiger partial charge in [-0.05, 0) is 18.9 Å². The highest BCUT2D eigenvalue weighted by atomic mass is 35.5. The van der Waals surface area contributed by atoms with Crippen LogP contribution in [0.2, 0.25) is 5.15 Å². The fourth-order valence-corrected chi connectivity index (χ4v) is 2.17. The summed E-state index contributed by atoms with van der Waals surface area (Å²) in [5.74, 6) is -0.400. The smallest absolute Gasteiger partial charge is 0.300 e. The van der Waals surface area contributed by atoms with E-state index in [1.54, 1.807) is 4.90 Å². The van der Waals surface area contributed by atoms with Gasteiger partial charge < -0.3 is 10.6 Å². The maximum atomic E-state index is 12.3. The van der Waals surface area contributed by atoms with Crippen LogP contribution in [0.5, 0.6) is 0 Å². The molecule has 1 fully saturated rings. The molecular formula is C11H13ClN4O3. The van der Waals surface area contributed by atoms with Gasteiger partial charge in [0.25, 0.3) is 11.6 Å². The number of nitrogens with two attached hydrogens (primary N) is 1. The molecule has 1 aliphatic rings. The van der Waals surface area contributed by atoms with Crippen LogP contribution < -0.4 is 5.73 Å². The molecule has 1 aliphatic heterocycles. The molecule has 0 atom stereocenters. The molecule has 0 aliphatic carbocycles. The second-order valence-electron chi connectivity index (χ2n) is 4.41. The van der Waals surface area contributed by atoms with Crippen LogP contribution in [-0.4, -0.2) is 39.8 Å². The van der Waals surface area contributed by atoms with Crippen LogP contribution in [0.25, 0.3) is 0 Å². The summed E-state index contributed by atoms with van der Waals surface area (Å²) in [5.41, 5.74) is 5.40. The number of hydrogen-bond acceptors (Lipinski definition) is 5. The third-order valence-electron chi connectivity index (χ3n) is 3.10. The maximum Gasteiger partial charge on any atom is 0.300 e. The monoisotopic (exact) mass is 284 g/mol. The van der Waals surface area contributed by atoms with Gasteiger partial charge in [-0.25, -0.2) is 4.98 Å². The summed E-state index contributed by atoms with van der Waals surface area (Å²) in [7, 11) is 0. The van der Waals surface area contributed by atoms with Crippen molar-refractivity contribution < 1.29 is 9.72 Å². The van der Waals surface area contributed by atoms with Crippen LogP contribution in [0.3, 0.4) is 0 Å². The molecule has 2 N–H and O–H groups in total. The molecule has 1 amide bonds. The minimum atomic E-state index is -0.633. The molecule has 0 bridgehead atoms. The van der Waals surface area contributed by atoms with Crippen LogP contribution in [0.15, 0.2) is 12.3 Å². The van der Waals surface area contributed by atoms with E-state index in [1.165, 1.54) is 6.07 Å². The number of amides is 1. The number of likely N-dealkylation sites (tertiary alicyclic amines) is 1. The van der Waals surface area contributed by atoms with Gasteiger partial charge in [0.1, 0.15) is 16.9 Å². The normalized spacial score (nSPS) is 16.4. The standard InChI is InChI=1S/C11H13ClN4O3/c12-10-5-8(9(6-14-10)16(18)19)11(17)15-3-1-7(13)2-4-15/h5-7H,1-4,13H2. The number of carbonyl (C=O) groups is 1. The van der Waals surface area contributed by atoms with Crippen molar-refractivity contribution in [1.29, 1.82) is 0 Å². The highest BCUT2D eigenvalue weighted by molar-refractivity contribution is 6.29. The van der Waals surface area contributed by atoms with Gasteiger partial charge in [-0.3, -0.25) is 14.9 Å². The first-order valence-electron chi connectivity index (χ1n) is 5.84. The number of rotatable bonds is 2. The van der Waals surface area contributed by atoms with Crippen LogP contribution in [0, 0.1) is 10.1 Å². The van der Waals surface area contributed by atoms with E-state index in [2.05, 4.69) is 4.98 Å². The third-order valence-corrected chi connectivity index (χ3v) is 3.31. The first-order valence-corrected chi connectivity index (χ1v) is 6.21. The predicted molar refractivity (Wildman–Crippen MR) is 69.0 cm³/mol. The maximum absolute atomic E-state index is 12.3. The zero-order chi connectivity index (χ0) is 14.0. The number of hydrogen-bond donors (Lipinski definition) is 1. The van der Waals surface area contributed by atoms with Crippen molar-refractivity contribution in [2.75, 3.05) is 13.1 Å². The van der Waals surface area contributed by atoms with Crippen molar-refractivity contribution in [3.8, 4) is 0 Å². The average Bonchev–Trinajstić information content (AvgIpc) is 2.38. The van der Waals surface area contributed by atoms with E-state index < -0.39 is 10.8 Å². The summed E-state index contributed by atoms with van der Waals surface area (Å²) in [4.78, 5) is 27.7. The van der Waals surface area contributed by atoms with E-state index in [0.717, 1.165) is 6.20 Å². The minimum absolute atomic E-state index is 0.0273. The number of aromatic nitrogens is 1. The molecule has 0 spiro atoms. The lowest BCUT2D eigenvalue weighted by Gasteiger charge is -2.30. The number of nitro groups is 1. The average molecular weight is 285 g/mol. The fraction of sp³-hybridized carbons (Fsp3) is 0.455. The van der Waals surface area contributed by atoms with Gasteiger partial charge >= 0.3 is 0 Å². The van der Waals surface area contributed by atoms with Crippen molar-refractivity contribution in [3.63, 3.8) is 0 Å². The topological polar surface area (TPSA) is 102 Å². The van der Waals surface area contributed by atoms with Crippen LogP contribution in [0.4, 0.5) is 5.69 Å². The van der Waals surface area contributed by atoms with Crippen molar-refractivity contribution >= 4 is 23.2 Å². The Kier molecular flexibility index (Phi) is 3.96. The number of carbonyl (C=O) groups excluding carboxylic acids is 1. The van der Waals surface area contributed by atoms with Gasteiger partial charge in [-0.2, -0.15) is 0 Å². The molecule has 0 unspecified atom stereocenters. The molecule has 2 rings (SSSR count). The fourth-order valence-electron chi connectivity index (χ4n) is 2.01. The zero-order valence-electron chi connectivity index (χ0n) is 10.1. The van der Waals surface area contributed by atoms with E-state index in [9.17, 15) is 14.9 Å². The number of pyridine rings is 1. The molecule has 1 saturated heterocycles. The Bertz CT molecular complexity index is 515. The largest absolute Gasteiger partial charge is 0.338 e. The lowest BCUT2D eigenvalue weighted by molar-refractivity contribution is -0.385. The van der Waals surface area contributed by atoms with Crippen LogP contribution in [-0.2, 0) is 0 Å². The lowest BCUT2D eigenvalue weighted by Crippen LogP contribution is -2.43.